The van der Waals surface area contributed by atoms with Crippen LogP contribution in [0.3, 0.4) is 0 Å². The minimum Gasteiger partial charge on any atom is -0.394 e. The van der Waals surface area contributed by atoms with Crippen LogP contribution < -0.4 is 0 Å². The summed E-state index contributed by atoms with van der Waals surface area (Å²) in [5.41, 5.74) is 0.341. The van der Waals surface area contributed by atoms with Gasteiger partial charge in [-0.25, -0.2) is 0 Å². The number of pyridine rings is 1. The summed E-state index contributed by atoms with van der Waals surface area (Å²) in [6.45, 7) is 0.685. The quantitative estimate of drug-likeness (QED) is 0.849. The van der Waals surface area contributed by atoms with Gasteiger partial charge >= 0.3 is 0 Å². The highest BCUT2D eigenvalue weighted by molar-refractivity contribution is 6.30. The summed E-state index contributed by atoms with van der Waals surface area (Å²) < 4.78 is 0. The van der Waals surface area contributed by atoms with Crippen LogP contribution in [0.1, 0.15) is 23.3 Å². The molecule has 2 rings (SSSR count). The highest BCUT2D eigenvalue weighted by Crippen LogP contribution is 2.19. The Bertz CT molecular complexity index is 397. The van der Waals surface area contributed by atoms with E-state index >= 15 is 0 Å². The summed E-state index contributed by atoms with van der Waals surface area (Å²) in [5, 5.41) is 9.64. The zero-order valence-corrected chi connectivity index (χ0v) is 9.52. The molecule has 1 aromatic heterocycles. The monoisotopic (exact) mass is 240 g/mol. The first-order valence-electron chi connectivity index (χ1n) is 5.26. The molecule has 0 spiro atoms. The third-order valence-corrected chi connectivity index (χ3v) is 3.02. The number of aromatic nitrogens is 1. The molecule has 1 N–H and O–H groups in total. The van der Waals surface area contributed by atoms with E-state index in [0.29, 0.717) is 17.3 Å². The Kier molecular flexibility index (Phi) is 3.41. The molecule has 5 heteroatoms. The summed E-state index contributed by atoms with van der Waals surface area (Å²) in [4.78, 5) is 17.7. The van der Waals surface area contributed by atoms with Crippen LogP contribution in [0.5, 0.6) is 0 Å². The number of rotatable bonds is 2. The predicted molar refractivity (Wildman–Crippen MR) is 60.4 cm³/mol. The average molecular weight is 241 g/mol. The number of carbonyl (C=O) groups excluding carboxylic acids is 1. The van der Waals surface area contributed by atoms with Crippen molar-refractivity contribution in [1.82, 2.24) is 9.88 Å². The number of hydrogen-bond donors (Lipinski definition) is 1. The van der Waals surface area contributed by atoms with Gasteiger partial charge in [0.05, 0.1) is 12.6 Å². The summed E-state index contributed by atoms with van der Waals surface area (Å²) in [6, 6.07) is 3.11. The molecule has 1 aliphatic heterocycles. The molecular formula is C11H13ClN2O2. The Morgan fingerprint density at radius 3 is 3.19 bits per heavy atom. The van der Waals surface area contributed by atoms with Gasteiger partial charge in [-0.15, -0.1) is 0 Å². The summed E-state index contributed by atoms with van der Waals surface area (Å²) in [5.74, 6) is -0.154. The van der Waals surface area contributed by atoms with E-state index in [1.54, 1.807) is 17.0 Å². The second-order valence-electron chi connectivity index (χ2n) is 3.84. The van der Waals surface area contributed by atoms with Crippen LogP contribution in [-0.4, -0.2) is 40.1 Å². The first-order chi connectivity index (χ1) is 7.72. The number of likely N-dealkylation sites (tertiary alicyclic amines) is 1. The molecule has 0 aromatic carbocycles. The van der Waals surface area contributed by atoms with E-state index in [9.17, 15) is 4.79 Å². The van der Waals surface area contributed by atoms with Crippen LogP contribution in [0.4, 0.5) is 0 Å². The van der Waals surface area contributed by atoms with Gasteiger partial charge in [0.25, 0.3) is 5.91 Å². The molecule has 16 heavy (non-hydrogen) atoms. The average Bonchev–Trinajstić information content (AvgIpc) is 2.76. The van der Waals surface area contributed by atoms with Gasteiger partial charge in [0.2, 0.25) is 0 Å². The van der Waals surface area contributed by atoms with Crippen LogP contribution in [-0.2, 0) is 0 Å². The van der Waals surface area contributed by atoms with Crippen molar-refractivity contribution in [2.45, 2.75) is 18.9 Å². The maximum Gasteiger partial charge on any atom is 0.272 e. The highest BCUT2D eigenvalue weighted by Gasteiger charge is 2.29. The minimum absolute atomic E-state index is 0.00626. The van der Waals surface area contributed by atoms with Crippen molar-refractivity contribution in [3.05, 3.63) is 29.0 Å². The second-order valence-corrected chi connectivity index (χ2v) is 4.27. The first kappa shape index (κ1) is 11.4. The van der Waals surface area contributed by atoms with Crippen LogP contribution in [0.15, 0.2) is 18.3 Å². The lowest BCUT2D eigenvalue weighted by atomic mass is 10.2. The van der Waals surface area contributed by atoms with Crippen molar-refractivity contribution in [2.24, 2.45) is 0 Å². The third-order valence-electron chi connectivity index (χ3n) is 2.79. The number of nitrogens with zero attached hydrogens (tertiary/aromatic N) is 2. The lowest BCUT2D eigenvalue weighted by Gasteiger charge is -2.22. The van der Waals surface area contributed by atoms with Crippen LogP contribution >= 0.6 is 11.6 Å². The van der Waals surface area contributed by atoms with E-state index in [4.69, 9.17) is 16.7 Å². The van der Waals surface area contributed by atoms with Gasteiger partial charge < -0.3 is 10.0 Å². The fraction of sp³-hybridized carbons (Fsp3) is 0.455. The van der Waals surface area contributed by atoms with Crippen molar-refractivity contribution in [2.75, 3.05) is 13.2 Å². The molecule has 1 atom stereocenters. The molecule has 0 saturated carbocycles. The molecule has 1 fully saturated rings. The molecule has 86 valence electrons. The fourth-order valence-corrected chi connectivity index (χ4v) is 2.12. The van der Waals surface area contributed by atoms with Crippen molar-refractivity contribution in [3.8, 4) is 0 Å². The highest BCUT2D eigenvalue weighted by atomic mass is 35.5. The van der Waals surface area contributed by atoms with E-state index in [-0.39, 0.29) is 18.6 Å². The van der Waals surface area contributed by atoms with Crippen molar-refractivity contribution in [3.63, 3.8) is 0 Å². The van der Waals surface area contributed by atoms with E-state index in [1.807, 2.05) is 0 Å². The molecule has 1 saturated heterocycles. The van der Waals surface area contributed by atoms with Gasteiger partial charge in [-0.1, -0.05) is 11.6 Å². The number of halogens is 1. The van der Waals surface area contributed by atoms with Gasteiger partial charge in [-0.3, -0.25) is 9.78 Å². The van der Waals surface area contributed by atoms with Crippen LogP contribution in [0, 0.1) is 0 Å². The van der Waals surface area contributed by atoms with Crippen molar-refractivity contribution in [1.29, 1.82) is 0 Å². The maximum absolute atomic E-state index is 12.1. The maximum atomic E-state index is 12.1. The number of hydrogen-bond acceptors (Lipinski definition) is 3. The number of amides is 1. The normalized spacial score (nSPS) is 20.1. The van der Waals surface area contributed by atoms with E-state index in [1.165, 1.54) is 6.20 Å². The van der Waals surface area contributed by atoms with Gasteiger partial charge in [-0.05, 0) is 25.0 Å². The molecule has 1 aliphatic rings. The van der Waals surface area contributed by atoms with Gasteiger partial charge in [0.1, 0.15) is 5.69 Å². The van der Waals surface area contributed by atoms with E-state index < -0.39 is 0 Å². The molecular weight excluding hydrogens is 228 g/mol. The number of aliphatic hydroxyl groups is 1. The zero-order valence-electron chi connectivity index (χ0n) is 8.77. The largest absolute Gasteiger partial charge is 0.394 e. The van der Waals surface area contributed by atoms with Crippen molar-refractivity contribution < 1.29 is 9.90 Å². The van der Waals surface area contributed by atoms with Crippen molar-refractivity contribution >= 4 is 17.5 Å². The molecule has 0 aliphatic carbocycles. The zero-order chi connectivity index (χ0) is 11.5. The standard InChI is InChI=1S/C11H13ClN2O2/c12-8-3-4-13-10(6-8)11(16)14-5-1-2-9(14)7-15/h3-4,6,9,15H,1-2,5,7H2/t9-/m0/s1. The third kappa shape index (κ3) is 2.18. The topological polar surface area (TPSA) is 53.4 Å². The van der Waals surface area contributed by atoms with Gasteiger partial charge in [0.15, 0.2) is 0 Å². The van der Waals surface area contributed by atoms with Gasteiger partial charge in [-0.2, -0.15) is 0 Å². The lowest BCUT2D eigenvalue weighted by Crippen LogP contribution is -2.38. The molecule has 0 bridgehead atoms. The lowest BCUT2D eigenvalue weighted by molar-refractivity contribution is 0.0672. The summed E-state index contributed by atoms with van der Waals surface area (Å²) >= 11 is 5.81. The Balaban J connectivity index is 2.18. The van der Waals surface area contributed by atoms with E-state index in [0.717, 1.165) is 12.8 Å². The Hall–Kier alpha value is -1.13. The Labute approximate surface area is 98.9 Å². The minimum atomic E-state index is -0.154. The number of aliphatic hydroxyl groups excluding tert-OH is 1. The smallest absolute Gasteiger partial charge is 0.272 e. The summed E-state index contributed by atoms with van der Waals surface area (Å²) in [6.07, 6.45) is 3.29. The molecule has 1 aromatic rings. The van der Waals surface area contributed by atoms with Gasteiger partial charge in [0, 0.05) is 17.8 Å². The molecule has 0 radical (unpaired) electrons. The Morgan fingerprint density at radius 1 is 1.69 bits per heavy atom. The second kappa shape index (κ2) is 4.80. The molecule has 2 heterocycles. The number of carbonyl (C=O) groups is 1. The van der Waals surface area contributed by atoms with Crippen LogP contribution in [0.25, 0.3) is 0 Å². The molecule has 4 nitrogen and oxygen atoms in total. The van der Waals surface area contributed by atoms with E-state index in [2.05, 4.69) is 4.98 Å². The van der Waals surface area contributed by atoms with Crippen LogP contribution in [0.2, 0.25) is 5.02 Å². The Morgan fingerprint density at radius 2 is 2.50 bits per heavy atom. The SMILES string of the molecule is O=C(c1cc(Cl)ccn1)N1CCC[C@H]1CO. The molecule has 1 amide bonds. The fourth-order valence-electron chi connectivity index (χ4n) is 1.96. The summed E-state index contributed by atoms with van der Waals surface area (Å²) in [7, 11) is 0. The molecule has 0 unspecified atom stereocenters. The predicted octanol–water partition coefficient (Wildman–Crippen LogP) is 1.33. The first-order valence-corrected chi connectivity index (χ1v) is 5.63.